The monoisotopic (exact) mass is 365 g/mol. The van der Waals surface area contributed by atoms with Gasteiger partial charge in [0, 0.05) is 30.0 Å². The number of nitrogens with one attached hydrogen (secondary N) is 2. The Balaban J connectivity index is 1.53. The third-order valence-electron chi connectivity index (χ3n) is 3.92. The van der Waals surface area contributed by atoms with Crippen LogP contribution in [0.2, 0.25) is 5.02 Å². The van der Waals surface area contributed by atoms with Crippen LogP contribution in [-0.2, 0) is 13.0 Å². The highest BCUT2D eigenvalue weighted by Crippen LogP contribution is 2.12. The highest BCUT2D eigenvalue weighted by Gasteiger charge is 2.07. The fraction of sp³-hybridized carbons (Fsp3) is 0.143. The molecule has 26 heavy (non-hydrogen) atoms. The molecule has 1 heterocycles. The quantitative estimate of drug-likeness (QED) is 0.655. The first-order chi connectivity index (χ1) is 12.7. The minimum atomic E-state index is -0.188. The summed E-state index contributed by atoms with van der Waals surface area (Å²) in [6.07, 6.45) is 2.48. The maximum atomic E-state index is 12.3. The molecule has 1 aromatic heterocycles. The standard InChI is InChI=1S/C21H20ClN3O/c22-18-8-4-7-16(13-18)9-11-23-19-10-12-24-20(14-19)21(26)25-15-17-5-2-1-3-6-17/h1-8,10,12-14H,9,11,15H2,(H,23,24)(H,25,26). The highest BCUT2D eigenvalue weighted by molar-refractivity contribution is 6.30. The second-order valence-electron chi connectivity index (χ2n) is 5.90. The molecule has 5 heteroatoms. The van der Waals surface area contributed by atoms with Crippen LogP contribution in [0, 0.1) is 0 Å². The van der Waals surface area contributed by atoms with Crippen LogP contribution >= 0.6 is 11.6 Å². The maximum absolute atomic E-state index is 12.3. The summed E-state index contributed by atoms with van der Waals surface area (Å²) in [5.74, 6) is -0.188. The minimum Gasteiger partial charge on any atom is -0.385 e. The van der Waals surface area contributed by atoms with Crippen LogP contribution in [0.5, 0.6) is 0 Å². The van der Waals surface area contributed by atoms with Crippen molar-refractivity contribution in [1.82, 2.24) is 10.3 Å². The molecule has 0 aliphatic rings. The van der Waals surface area contributed by atoms with Gasteiger partial charge in [-0.1, -0.05) is 54.1 Å². The largest absolute Gasteiger partial charge is 0.385 e. The van der Waals surface area contributed by atoms with E-state index in [4.69, 9.17) is 11.6 Å². The Morgan fingerprint density at radius 3 is 2.58 bits per heavy atom. The van der Waals surface area contributed by atoms with Crippen LogP contribution in [0.4, 0.5) is 5.69 Å². The zero-order valence-electron chi connectivity index (χ0n) is 14.3. The fourth-order valence-electron chi connectivity index (χ4n) is 2.58. The minimum absolute atomic E-state index is 0.188. The lowest BCUT2D eigenvalue weighted by Crippen LogP contribution is -2.23. The number of amides is 1. The van der Waals surface area contributed by atoms with Crippen LogP contribution < -0.4 is 10.6 Å². The van der Waals surface area contributed by atoms with Gasteiger partial charge in [0.05, 0.1) is 0 Å². The van der Waals surface area contributed by atoms with Gasteiger partial charge in [0.25, 0.3) is 5.91 Å². The van der Waals surface area contributed by atoms with Gasteiger partial charge < -0.3 is 10.6 Å². The average molecular weight is 366 g/mol. The van der Waals surface area contributed by atoms with E-state index in [2.05, 4.69) is 15.6 Å². The molecule has 0 saturated heterocycles. The van der Waals surface area contributed by atoms with Crippen LogP contribution in [0.3, 0.4) is 0 Å². The maximum Gasteiger partial charge on any atom is 0.270 e. The number of nitrogens with zero attached hydrogens (tertiary/aromatic N) is 1. The number of carbonyl (C=O) groups is 1. The van der Waals surface area contributed by atoms with E-state index in [1.807, 2.05) is 60.7 Å². The van der Waals surface area contributed by atoms with Crippen molar-refractivity contribution in [3.63, 3.8) is 0 Å². The van der Waals surface area contributed by atoms with Crippen LogP contribution in [-0.4, -0.2) is 17.4 Å². The summed E-state index contributed by atoms with van der Waals surface area (Å²) >= 11 is 6.00. The Labute approximate surface area is 158 Å². The predicted molar refractivity (Wildman–Crippen MR) is 105 cm³/mol. The van der Waals surface area contributed by atoms with E-state index in [0.717, 1.165) is 29.2 Å². The number of hydrogen-bond acceptors (Lipinski definition) is 3. The summed E-state index contributed by atoms with van der Waals surface area (Å²) < 4.78 is 0. The molecule has 4 nitrogen and oxygen atoms in total. The zero-order valence-corrected chi connectivity index (χ0v) is 15.0. The number of carbonyl (C=O) groups excluding carboxylic acids is 1. The lowest BCUT2D eigenvalue weighted by Gasteiger charge is -2.09. The Morgan fingerprint density at radius 1 is 0.962 bits per heavy atom. The van der Waals surface area contributed by atoms with Crippen molar-refractivity contribution in [2.45, 2.75) is 13.0 Å². The van der Waals surface area contributed by atoms with E-state index in [0.29, 0.717) is 12.2 Å². The van der Waals surface area contributed by atoms with Gasteiger partial charge >= 0.3 is 0 Å². The summed E-state index contributed by atoms with van der Waals surface area (Å²) in [7, 11) is 0. The molecule has 0 atom stereocenters. The normalized spacial score (nSPS) is 10.3. The lowest BCUT2D eigenvalue weighted by atomic mass is 10.1. The highest BCUT2D eigenvalue weighted by atomic mass is 35.5. The first-order valence-electron chi connectivity index (χ1n) is 8.47. The van der Waals surface area contributed by atoms with Gasteiger partial charge in [0.1, 0.15) is 5.69 Å². The third kappa shape index (κ3) is 5.33. The van der Waals surface area contributed by atoms with E-state index in [9.17, 15) is 4.79 Å². The van der Waals surface area contributed by atoms with E-state index < -0.39 is 0 Å². The zero-order chi connectivity index (χ0) is 18.2. The Morgan fingerprint density at radius 2 is 1.77 bits per heavy atom. The van der Waals surface area contributed by atoms with Gasteiger partial charge in [0.15, 0.2) is 0 Å². The summed E-state index contributed by atoms with van der Waals surface area (Å²) in [5.41, 5.74) is 3.48. The van der Waals surface area contributed by atoms with Crippen molar-refractivity contribution >= 4 is 23.2 Å². The first-order valence-corrected chi connectivity index (χ1v) is 8.85. The number of anilines is 1. The van der Waals surface area contributed by atoms with Crippen molar-refractivity contribution in [2.75, 3.05) is 11.9 Å². The van der Waals surface area contributed by atoms with Crippen molar-refractivity contribution in [2.24, 2.45) is 0 Å². The molecule has 2 aromatic carbocycles. The predicted octanol–water partition coefficient (Wildman–Crippen LogP) is 4.32. The molecule has 1 amide bonds. The molecule has 0 spiro atoms. The van der Waals surface area contributed by atoms with Gasteiger partial charge in [0.2, 0.25) is 0 Å². The molecular formula is C21H20ClN3O. The third-order valence-corrected chi connectivity index (χ3v) is 4.16. The molecule has 3 aromatic rings. The molecule has 2 N–H and O–H groups in total. The van der Waals surface area contributed by atoms with E-state index >= 15 is 0 Å². The summed E-state index contributed by atoms with van der Waals surface area (Å²) in [6.45, 7) is 1.23. The molecule has 0 bridgehead atoms. The van der Waals surface area contributed by atoms with Gasteiger partial charge in [-0.25, -0.2) is 0 Å². The van der Waals surface area contributed by atoms with Gasteiger partial charge in [-0.15, -0.1) is 0 Å². The molecule has 0 radical (unpaired) electrons. The molecule has 0 unspecified atom stereocenters. The Bertz CT molecular complexity index is 868. The molecule has 0 aliphatic heterocycles. The number of rotatable bonds is 7. The molecule has 132 valence electrons. The fourth-order valence-corrected chi connectivity index (χ4v) is 2.79. The number of hydrogen-bond donors (Lipinski definition) is 2. The molecular weight excluding hydrogens is 346 g/mol. The number of aromatic nitrogens is 1. The molecule has 0 aliphatic carbocycles. The van der Waals surface area contributed by atoms with Crippen molar-refractivity contribution in [3.8, 4) is 0 Å². The number of benzene rings is 2. The second-order valence-corrected chi connectivity index (χ2v) is 6.34. The van der Waals surface area contributed by atoms with Gasteiger partial charge in [-0.3, -0.25) is 9.78 Å². The Kier molecular flexibility index (Phi) is 6.23. The topological polar surface area (TPSA) is 54.0 Å². The average Bonchev–Trinajstić information content (AvgIpc) is 2.67. The van der Waals surface area contributed by atoms with Crippen LogP contribution in [0.15, 0.2) is 72.9 Å². The van der Waals surface area contributed by atoms with Crippen molar-refractivity contribution in [1.29, 1.82) is 0 Å². The van der Waals surface area contributed by atoms with E-state index in [-0.39, 0.29) is 5.91 Å². The molecule has 0 fully saturated rings. The van der Waals surface area contributed by atoms with Crippen LogP contribution in [0.25, 0.3) is 0 Å². The summed E-state index contributed by atoms with van der Waals surface area (Å²) in [6, 6.07) is 21.2. The van der Waals surface area contributed by atoms with Crippen molar-refractivity contribution in [3.05, 3.63) is 94.8 Å². The summed E-state index contributed by atoms with van der Waals surface area (Å²) in [5, 5.41) is 6.94. The smallest absolute Gasteiger partial charge is 0.270 e. The van der Waals surface area contributed by atoms with Crippen molar-refractivity contribution < 1.29 is 4.79 Å². The van der Waals surface area contributed by atoms with E-state index in [1.54, 1.807) is 12.3 Å². The summed E-state index contributed by atoms with van der Waals surface area (Å²) in [4.78, 5) is 16.4. The van der Waals surface area contributed by atoms with Gasteiger partial charge in [-0.05, 0) is 41.8 Å². The number of pyridine rings is 1. The van der Waals surface area contributed by atoms with E-state index in [1.165, 1.54) is 5.56 Å². The molecule has 0 saturated carbocycles. The van der Waals surface area contributed by atoms with Gasteiger partial charge in [-0.2, -0.15) is 0 Å². The molecule has 3 rings (SSSR count). The Hall–Kier alpha value is -2.85. The first kappa shape index (κ1) is 18.0. The number of halogens is 1. The second kappa shape index (κ2) is 9.02. The lowest BCUT2D eigenvalue weighted by molar-refractivity contribution is 0.0946. The SMILES string of the molecule is O=C(NCc1ccccc1)c1cc(NCCc2cccc(Cl)c2)ccn1. The van der Waals surface area contributed by atoms with Crippen LogP contribution in [0.1, 0.15) is 21.6 Å².